The lowest BCUT2D eigenvalue weighted by atomic mass is 10.0. The number of aliphatic hydroxyl groups is 1. The second kappa shape index (κ2) is 17.5. The van der Waals surface area contributed by atoms with E-state index in [0.717, 1.165) is 37.7 Å². The SMILES string of the molecule is CCCCOC(=O)C(CCC=CCCCC(C)NCCO)C(=O)OCc1ccccc1. The molecule has 0 aromatic heterocycles. The lowest BCUT2D eigenvalue weighted by molar-refractivity contribution is -0.163. The summed E-state index contributed by atoms with van der Waals surface area (Å²) in [6, 6.07) is 9.80. The molecule has 6 heteroatoms. The number of hydrogen-bond donors (Lipinski definition) is 2. The van der Waals surface area contributed by atoms with Crippen molar-refractivity contribution in [3.8, 4) is 0 Å². The van der Waals surface area contributed by atoms with Crippen LogP contribution in [0, 0.1) is 5.92 Å². The van der Waals surface area contributed by atoms with Gasteiger partial charge in [0.05, 0.1) is 13.2 Å². The Labute approximate surface area is 187 Å². The van der Waals surface area contributed by atoms with E-state index in [9.17, 15) is 9.59 Å². The summed E-state index contributed by atoms with van der Waals surface area (Å²) in [6.45, 7) is 5.38. The molecule has 1 rings (SSSR count). The van der Waals surface area contributed by atoms with E-state index in [0.29, 0.717) is 32.0 Å². The molecule has 1 aromatic carbocycles. The lowest BCUT2D eigenvalue weighted by Crippen LogP contribution is -2.28. The van der Waals surface area contributed by atoms with Crippen LogP contribution in [-0.4, -0.2) is 42.8 Å². The van der Waals surface area contributed by atoms with E-state index in [2.05, 4.69) is 18.3 Å². The number of allylic oxidation sites excluding steroid dienone is 2. The number of carbonyl (C=O) groups excluding carboxylic acids is 2. The Balaban J connectivity index is 2.44. The van der Waals surface area contributed by atoms with Gasteiger partial charge in [0.15, 0.2) is 5.92 Å². The number of aliphatic hydroxyl groups excluding tert-OH is 1. The summed E-state index contributed by atoms with van der Waals surface area (Å²) < 4.78 is 10.7. The third-order valence-corrected chi connectivity index (χ3v) is 4.94. The fraction of sp³-hybridized carbons (Fsp3) is 0.600. The standard InChI is InChI=1S/C25H39NO5/c1-3-4-19-30-24(28)23(25(29)31-20-22-14-10-8-11-15-22)16-12-7-5-6-9-13-21(2)26-17-18-27/h5,7-8,10-11,14-15,21,23,26-27H,3-4,6,9,12-13,16-20H2,1-2H3. The average molecular weight is 434 g/mol. The van der Waals surface area contributed by atoms with Crippen LogP contribution in [0.2, 0.25) is 0 Å². The molecule has 174 valence electrons. The summed E-state index contributed by atoms with van der Waals surface area (Å²) in [5.74, 6) is -1.92. The summed E-state index contributed by atoms with van der Waals surface area (Å²) in [4.78, 5) is 25.0. The molecule has 0 amide bonds. The van der Waals surface area contributed by atoms with Gasteiger partial charge in [0.2, 0.25) is 0 Å². The van der Waals surface area contributed by atoms with Crippen LogP contribution in [0.3, 0.4) is 0 Å². The average Bonchev–Trinajstić information content (AvgIpc) is 2.78. The highest BCUT2D eigenvalue weighted by atomic mass is 16.6. The molecule has 0 aliphatic carbocycles. The summed E-state index contributed by atoms with van der Waals surface area (Å²) >= 11 is 0. The van der Waals surface area contributed by atoms with Gasteiger partial charge in [0, 0.05) is 12.6 Å². The number of unbranched alkanes of at least 4 members (excludes halogenated alkanes) is 2. The van der Waals surface area contributed by atoms with Gasteiger partial charge in [0.1, 0.15) is 6.61 Å². The number of hydrogen-bond acceptors (Lipinski definition) is 6. The predicted molar refractivity (Wildman–Crippen MR) is 122 cm³/mol. The lowest BCUT2D eigenvalue weighted by Gasteiger charge is -2.15. The molecule has 0 radical (unpaired) electrons. The number of nitrogens with one attached hydrogen (secondary N) is 1. The number of ether oxygens (including phenoxy) is 2. The maximum absolute atomic E-state index is 12.5. The van der Waals surface area contributed by atoms with Crippen molar-refractivity contribution in [3.63, 3.8) is 0 Å². The van der Waals surface area contributed by atoms with E-state index < -0.39 is 17.9 Å². The Morgan fingerprint density at radius 2 is 1.74 bits per heavy atom. The first kappa shape index (κ1) is 26.9. The van der Waals surface area contributed by atoms with Crippen molar-refractivity contribution in [1.29, 1.82) is 0 Å². The predicted octanol–water partition coefficient (Wildman–Crippen LogP) is 4.17. The molecule has 6 nitrogen and oxygen atoms in total. The number of rotatable bonds is 17. The molecule has 0 aliphatic rings. The van der Waals surface area contributed by atoms with Gasteiger partial charge in [-0.15, -0.1) is 0 Å². The number of esters is 2. The quantitative estimate of drug-likeness (QED) is 0.166. The molecule has 2 atom stereocenters. The Bertz CT molecular complexity index is 632. The smallest absolute Gasteiger partial charge is 0.320 e. The Morgan fingerprint density at radius 3 is 2.45 bits per heavy atom. The Hall–Kier alpha value is -2.18. The Morgan fingerprint density at radius 1 is 1.03 bits per heavy atom. The molecule has 2 N–H and O–H groups in total. The monoisotopic (exact) mass is 433 g/mol. The van der Waals surface area contributed by atoms with E-state index in [1.807, 2.05) is 43.3 Å². The Kier molecular flexibility index (Phi) is 15.2. The normalized spacial score (nSPS) is 13.1. The second-order valence-corrected chi connectivity index (χ2v) is 7.73. The molecule has 2 unspecified atom stereocenters. The van der Waals surface area contributed by atoms with Crippen LogP contribution in [0.4, 0.5) is 0 Å². The molecule has 0 fully saturated rings. The van der Waals surface area contributed by atoms with Crippen LogP contribution in [0.1, 0.15) is 64.4 Å². The molecule has 0 saturated heterocycles. The molecule has 0 bridgehead atoms. The van der Waals surface area contributed by atoms with Gasteiger partial charge in [-0.2, -0.15) is 0 Å². The van der Waals surface area contributed by atoms with Gasteiger partial charge in [-0.1, -0.05) is 55.8 Å². The molecule has 31 heavy (non-hydrogen) atoms. The highest BCUT2D eigenvalue weighted by Gasteiger charge is 2.29. The van der Waals surface area contributed by atoms with Gasteiger partial charge < -0.3 is 19.9 Å². The summed E-state index contributed by atoms with van der Waals surface area (Å²) in [6.07, 6.45) is 9.82. The summed E-state index contributed by atoms with van der Waals surface area (Å²) in [7, 11) is 0. The van der Waals surface area contributed by atoms with E-state index in [1.165, 1.54) is 0 Å². The van der Waals surface area contributed by atoms with Gasteiger partial charge in [0.25, 0.3) is 0 Å². The van der Waals surface area contributed by atoms with Crippen LogP contribution >= 0.6 is 0 Å². The van der Waals surface area contributed by atoms with E-state index in [-0.39, 0.29) is 13.2 Å². The van der Waals surface area contributed by atoms with Crippen LogP contribution in [0.25, 0.3) is 0 Å². The van der Waals surface area contributed by atoms with Crippen LogP contribution in [-0.2, 0) is 25.7 Å². The van der Waals surface area contributed by atoms with Crippen LogP contribution in [0.15, 0.2) is 42.5 Å². The highest BCUT2D eigenvalue weighted by Crippen LogP contribution is 2.15. The van der Waals surface area contributed by atoms with Crippen molar-refractivity contribution in [2.45, 2.75) is 71.4 Å². The summed E-state index contributed by atoms with van der Waals surface area (Å²) in [5.41, 5.74) is 0.886. The zero-order chi connectivity index (χ0) is 22.7. The minimum absolute atomic E-state index is 0.150. The van der Waals surface area contributed by atoms with Gasteiger partial charge in [-0.05, 0) is 51.0 Å². The van der Waals surface area contributed by atoms with Crippen molar-refractivity contribution in [3.05, 3.63) is 48.0 Å². The third kappa shape index (κ3) is 13.0. The van der Waals surface area contributed by atoms with Gasteiger partial charge in [-0.25, -0.2) is 0 Å². The van der Waals surface area contributed by atoms with Gasteiger partial charge in [-0.3, -0.25) is 9.59 Å². The maximum atomic E-state index is 12.5. The van der Waals surface area contributed by atoms with Crippen molar-refractivity contribution >= 4 is 11.9 Å². The maximum Gasteiger partial charge on any atom is 0.320 e. The van der Waals surface area contributed by atoms with Crippen molar-refractivity contribution in [1.82, 2.24) is 5.32 Å². The molecule has 0 saturated carbocycles. The molecule has 1 aromatic rings. The zero-order valence-electron chi connectivity index (χ0n) is 19.1. The fourth-order valence-electron chi connectivity index (χ4n) is 3.03. The minimum Gasteiger partial charge on any atom is -0.465 e. The minimum atomic E-state index is -0.895. The topological polar surface area (TPSA) is 84.9 Å². The summed E-state index contributed by atoms with van der Waals surface area (Å²) in [5, 5.41) is 12.1. The fourth-order valence-corrected chi connectivity index (χ4v) is 3.03. The van der Waals surface area contributed by atoms with Crippen molar-refractivity contribution in [2.75, 3.05) is 19.8 Å². The van der Waals surface area contributed by atoms with Crippen LogP contribution < -0.4 is 5.32 Å². The highest BCUT2D eigenvalue weighted by molar-refractivity contribution is 5.94. The van der Waals surface area contributed by atoms with E-state index >= 15 is 0 Å². The van der Waals surface area contributed by atoms with Gasteiger partial charge >= 0.3 is 11.9 Å². The second-order valence-electron chi connectivity index (χ2n) is 7.73. The van der Waals surface area contributed by atoms with E-state index in [4.69, 9.17) is 14.6 Å². The molecule has 0 spiro atoms. The molecule has 0 aliphatic heterocycles. The van der Waals surface area contributed by atoms with Crippen molar-refractivity contribution < 1.29 is 24.2 Å². The zero-order valence-corrected chi connectivity index (χ0v) is 19.1. The first-order valence-corrected chi connectivity index (χ1v) is 11.4. The van der Waals surface area contributed by atoms with Crippen molar-refractivity contribution in [2.24, 2.45) is 5.92 Å². The molecular weight excluding hydrogens is 394 g/mol. The third-order valence-electron chi connectivity index (χ3n) is 4.94. The first-order chi connectivity index (χ1) is 15.1. The van der Waals surface area contributed by atoms with E-state index in [1.54, 1.807) is 0 Å². The number of carbonyl (C=O) groups is 2. The molecule has 0 heterocycles. The number of benzene rings is 1. The first-order valence-electron chi connectivity index (χ1n) is 11.4. The molecular formula is C25H39NO5. The van der Waals surface area contributed by atoms with Crippen LogP contribution in [0.5, 0.6) is 0 Å². The largest absolute Gasteiger partial charge is 0.465 e.